The average molecular weight is 362 g/mol. The van der Waals surface area contributed by atoms with Gasteiger partial charge in [-0.1, -0.05) is 24.3 Å². The maximum Gasteiger partial charge on any atom is 0.425 e. The van der Waals surface area contributed by atoms with Crippen molar-refractivity contribution in [3.63, 3.8) is 0 Å². The molecule has 2 aromatic carbocycles. The summed E-state index contributed by atoms with van der Waals surface area (Å²) in [6.07, 6.45) is -1.84. The Kier molecular flexibility index (Phi) is 3.40. The van der Waals surface area contributed by atoms with Gasteiger partial charge in [-0.2, -0.15) is 18.3 Å². The molecule has 0 spiro atoms. The van der Waals surface area contributed by atoms with Gasteiger partial charge in [-0.25, -0.2) is 5.26 Å². The van der Waals surface area contributed by atoms with Crippen LogP contribution in [0, 0.1) is 0 Å². The average Bonchev–Trinajstić information content (AvgIpc) is 3.15. The van der Waals surface area contributed by atoms with Crippen molar-refractivity contribution in [1.82, 2.24) is 9.78 Å². The Hall–Kier alpha value is -2.84. The summed E-state index contributed by atoms with van der Waals surface area (Å²) in [7, 11) is 1.68. The van der Waals surface area contributed by atoms with E-state index in [1.54, 1.807) is 19.3 Å². The fourth-order valence-electron chi connectivity index (χ4n) is 3.50. The molecule has 0 radical (unpaired) electrons. The largest absolute Gasteiger partial charge is 0.425 e. The number of hydrogen-bond acceptors (Lipinski definition) is 4. The van der Waals surface area contributed by atoms with Crippen LogP contribution in [0.25, 0.3) is 22.3 Å². The highest BCUT2D eigenvalue weighted by molar-refractivity contribution is 5.93. The van der Waals surface area contributed by atoms with Gasteiger partial charge in [0.05, 0.1) is 6.20 Å². The summed E-state index contributed by atoms with van der Waals surface area (Å²) in [6.45, 7) is 0. The zero-order valence-corrected chi connectivity index (χ0v) is 13.4. The van der Waals surface area contributed by atoms with Crippen molar-refractivity contribution in [2.24, 2.45) is 7.05 Å². The molecule has 4 rings (SSSR count). The number of aryl methyl sites for hydroxylation is 1. The number of aromatic nitrogens is 2. The van der Waals surface area contributed by atoms with Crippen LogP contribution < -0.4 is 4.89 Å². The van der Waals surface area contributed by atoms with Crippen LogP contribution in [-0.4, -0.2) is 26.3 Å². The first kappa shape index (κ1) is 16.6. The summed E-state index contributed by atoms with van der Waals surface area (Å²) in [5.74, 6) is -0.210. The zero-order chi connectivity index (χ0) is 18.7. The number of rotatable bonds is 2. The highest BCUT2D eigenvalue weighted by Gasteiger charge is 2.61. The van der Waals surface area contributed by atoms with Gasteiger partial charge < -0.3 is 9.99 Å². The molecule has 0 amide bonds. The molecule has 1 aliphatic rings. The number of fused-ring (bicyclic) bond motifs is 3. The minimum absolute atomic E-state index is 0.210. The molecule has 1 atom stereocenters. The summed E-state index contributed by atoms with van der Waals surface area (Å²) in [5.41, 5.74) is -2.46. The van der Waals surface area contributed by atoms with E-state index in [1.807, 2.05) is 0 Å². The molecule has 1 aromatic heterocycles. The number of hydrogen-bond donors (Lipinski definition) is 2. The summed E-state index contributed by atoms with van der Waals surface area (Å²) in [6, 6.07) is 8.23. The third kappa shape index (κ3) is 2.09. The van der Waals surface area contributed by atoms with Gasteiger partial charge in [-0.3, -0.25) is 4.68 Å². The summed E-state index contributed by atoms with van der Waals surface area (Å²) in [5, 5.41) is 23.8. The predicted octanol–water partition coefficient (Wildman–Crippen LogP) is 3.72. The van der Waals surface area contributed by atoms with Crippen LogP contribution in [0.1, 0.15) is 11.1 Å². The number of benzene rings is 2. The molecule has 26 heavy (non-hydrogen) atoms. The maximum atomic E-state index is 13.9. The van der Waals surface area contributed by atoms with Crippen LogP contribution in [0.15, 0.2) is 48.8 Å². The molecule has 8 heteroatoms. The van der Waals surface area contributed by atoms with Gasteiger partial charge in [0.25, 0.3) is 0 Å². The lowest BCUT2D eigenvalue weighted by molar-refractivity contribution is -0.246. The Bertz CT molecular complexity index is 1010. The first-order valence-electron chi connectivity index (χ1n) is 7.65. The summed E-state index contributed by atoms with van der Waals surface area (Å²) >= 11 is 0. The molecule has 2 N–H and O–H groups in total. The lowest BCUT2D eigenvalue weighted by Crippen LogP contribution is -2.41. The van der Waals surface area contributed by atoms with E-state index in [0.29, 0.717) is 11.1 Å². The standard InChI is InChI=1S/C18H13F3N2O3/c1-23-9-10(8-22-23)13-6-11(26-25)7-15-16(13)12-4-2-3-5-14(12)17(15,24)18(19,20)21/h2-9,24-25H,1H3. The van der Waals surface area contributed by atoms with E-state index in [4.69, 9.17) is 5.26 Å². The van der Waals surface area contributed by atoms with E-state index in [1.165, 1.54) is 35.1 Å². The third-order valence-electron chi connectivity index (χ3n) is 4.62. The van der Waals surface area contributed by atoms with Crippen molar-refractivity contribution in [3.8, 4) is 28.0 Å². The van der Waals surface area contributed by atoms with Crippen molar-refractivity contribution in [2.75, 3.05) is 0 Å². The van der Waals surface area contributed by atoms with E-state index in [-0.39, 0.29) is 22.4 Å². The molecule has 0 aliphatic heterocycles. The molecule has 0 fully saturated rings. The van der Waals surface area contributed by atoms with Crippen molar-refractivity contribution >= 4 is 0 Å². The van der Waals surface area contributed by atoms with Crippen molar-refractivity contribution in [3.05, 3.63) is 59.9 Å². The summed E-state index contributed by atoms with van der Waals surface area (Å²) in [4.78, 5) is 4.21. The van der Waals surface area contributed by atoms with Gasteiger partial charge in [0, 0.05) is 29.9 Å². The molecular weight excluding hydrogens is 349 g/mol. The normalized spacial score (nSPS) is 18.5. The zero-order valence-electron chi connectivity index (χ0n) is 13.4. The van der Waals surface area contributed by atoms with Gasteiger partial charge >= 0.3 is 6.18 Å². The Morgan fingerprint density at radius 3 is 2.46 bits per heavy atom. The second kappa shape index (κ2) is 5.33. The SMILES string of the molecule is Cn1cc(-c2cc(OO)cc3c2-c2ccccc2C3(O)C(F)(F)F)cn1. The Balaban J connectivity index is 2.14. The van der Waals surface area contributed by atoms with E-state index in [0.717, 1.165) is 6.07 Å². The van der Waals surface area contributed by atoms with Crippen LogP contribution in [0.4, 0.5) is 13.2 Å². The first-order valence-corrected chi connectivity index (χ1v) is 7.65. The fourth-order valence-corrected chi connectivity index (χ4v) is 3.50. The van der Waals surface area contributed by atoms with Gasteiger partial charge in [-0.05, 0) is 28.8 Å². The molecule has 5 nitrogen and oxygen atoms in total. The minimum atomic E-state index is -4.96. The van der Waals surface area contributed by atoms with E-state index in [2.05, 4.69) is 9.99 Å². The second-order valence-electron chi connectivity index (χ2n) is 6.14. The molecular formula is C18H13F3N2O3. The molecule has 1 heterocycles. The quantitative estimate of drug-likeness (QED) is 0.539. The van der Waals surface area contributed by atoms with Crippen molar-refractivity contribution in [1.29, 1.82) is 0 Å². The van der Waals surface area contributed by atoms with Crippen molar-refractivity contribution in [2.45, 2.75) is 11.8 Å². The monoisotopic (exact) mass is 362 g/mol. The van der Waals surface area contributed by atoms with Crippen LogP contribution >= 0.6 is 0 Å². The van der Waals surface area contributed by atoms with Crippen LogP contribution in [0.2, 0.25) is 0 Å². The fraction of sp³-hybridized carbons (Fsp3) is 0.167. The third-order valence-corrected chi connectivity index (χ3v) is 4.62. The van der Waals surface area contributed by atoms with E-state index < -0.39 is 17.3 Å². The number of halogens is 3. The lowest BCUT2D eigenvalue weighted by Gasteiger charge is -2.28. The Morgan fingerprint density at radius 1 is 1.12 bits per heavy atom. The Morgan fingerprint density at radius 2 is 1.85 bits per heavy atom. The van der Waals surface area contributed by atoms with Crippen LogP contribution in [0.5, 0.6) is 5.75 Å². The van der Waals surface area contributed by atoms with Gasteiger partial charge in [-0.15, -0.1) is 0 Å². The number of nitrogens with zero attached hydrogens (tertiary/aromatic N) is 2. The smallest absolute Gasteiger partial charge is 0.372 e. The molecule has 0 saturated heterocycles. The van der Waals surface area contributed by atoms with E-state index >= 15 is 0 Å². The van der Waals surface area contributed by atoms with Crippen molar-refractivity contribution < 1.29 is 28.4 Å². The second-order valence-corrected chi connectivity index (χ2v) is 6.14. The number of alkyl halides is 3. The highest BCUT2D eigenvalue weighted by atomic mass is 19.4. The molecule has 1 aliphatic carbocycles. The Labute approximate surface area is 145 Å². The van der Waals surface area contributed by atoms with Crippen LogP contribution in [-0.2, 0) is 12.6 Å². The highest BCUT2D eigenvalue weighted by Crippen LogP contribution is 2.57. The predicted molar refractivity (Wildman–Crippen MR) is 86.4 cm³/mol. The minimum Gasteiger partial charge on any atom is -0.372 e. The molecule has 0 saturated carbocycles. The van der Waals surface area contributed by atoms with E-state index in [9.17, 15) is 18.3 Å². The molecule has 0 bridgehead atoms. The van der Waals surface area contributed by atoms with Gasteiger partial charge in [0.2, 0.25) is 5.60 Å². The van der Waals surface area contributed by atoms with Crippen LogP contribution in [0.3, 0.4) is 0 Å². The van der Waals surface area contributed by atoms with Gasteiger partial charge in [0.15, 0.2) is 5.75 Å². The molecule has 134 valence electrons. The molecule has 3 aromatic rings. The first-order chi connectivity index (χ1) is 12.3. The van der Waals surface area contributed by atoms with Gasteiger partial charge in [0.1, 0.15) is 0 Å². The maximum absolute atomic E-state index is 13.9. The molecule has 1 unspecified atom stereocenters. The number of aliphatic hydroxyl groups is 1. The topological polar surface area (TPSA) is 67.5 Å². The lowest BCUT2D eigenvalue weighted by atomic mass is 9.89. The summed E-state index contributed by atoms with van der Waals surface area (Å²) < 4.78 is 43.2.